The van der Waals surface area contributed by atoms with Crippen LogP contribution in [0.4, 0.5) is 4.39 Å². The maximum absolute atomic E-state index is 13.2. The van der Waals surface area contributed by atoms with Gasteiger partial charge in [0.15, 0.2) is 0 Å². The van der Waals surface area contributed by atoms with E-state index in [1.54, 1.807) is 13.2 Å². The van der Waals surface area contributed by atoms with E-state index in [4.69, 9.17) is 4.74 Å². The largest absolute Gasteiger partial charge is 0.496 e. The summed E-state index contributed by atoms with van der Waals surface area (Å²) in [6.07, 6.45) is 0. The third-order valence-corrected chi connectivity index (χ3v) is 2.77. The SMILES string of the molecule is COc1ccc(F)cc1-c1nc(C)[nH]c1Br. The van der Waals surface area contributed by atoms with E-state index in [2.05, 4.69) is 25.9 Å². The number of benzene rings is 1. The standard InChI is InChI=1S/C11H10BrFN2O/c1-6-14-10(11(12)15-6)8-5-7(13)3-4-9(8)16-2/h3-5H,1-2H3,(H,14,15). The van der Waals surface area contributed by atoms with Crippen LogP contribution in [0.3, 0.4) is 0 Å². The van der Waals surface area contributed by atoms with Gasteiger partial charge in [-0.05, 0) is 41.1 Å². The summed E-state index contributed by atoms with van der Waals surface area (Å²) in [5.74, 6) is 1.03. The average molecular weight is 285 g/mol. The van der Waals surface area contributed by atoms with Gasteiger partial charge >= 0.3 is 0 Å². The zero-order valence-electron chi connectivity index (χ0n) is 8.84. The predicted molar refractivity (Wildman–Crippen MR) is 63.0 cm³/mol. The average Bonchev–Trinajstić information content (AvgIpc) is 2.57. The summed E-state index contributed by atoms with van der Waals surface area (Å²) in [7, 11) is 1.55. The highest BCUT2D eigenvalue weighted by atomic mass is 79.9. The molecular formula is C11H10BrFN2O. The molecule has 0 aliphatic heterocycles. The Balaban J connectivity index is 2.62. The Hall–Kier alpha value is -1.36. The van der Waals surface area contributed by atoms with Crippen LogP contribution in [0.5, 0.6) is 5.75 Å². The molecule has 16 heavy (non-hydrogen) atoms. The van der Waals surface area contributed by atoms with Crippen LogP contribution in [-0.2, 0) is 0 Å². The van der Waals surface area contributed by atoms with Gasteiger partial charge in [0.1, 0.15) is 27.7 Å². The Morgan fingerprint density at radius 1 is 1.44 bits per heavy atom. The maximum Gasteiger partial charge on any atom is 0.128 e. The molecule has 0 radical (unpaired) electrons. The van der Waals surface area contributed by atoms with Crippen molar-refractivity contribution in [3.63, 3.8) is 0 Å². The molecule has 1 aromatic carbocycles. The lowest BCUT2D eigenvalue weighted by Gasteiger charge is -2.06. The van der Waals surface area contributed by atoms with Crippen molar-refractivity contribution in [2.45, 2.75) is 6.92 Å². The van der Waals surface area contributed by atoms with Gasteiger partial charge in [-0.1, -0.05) is 0 Å². The lowest BCUT2D eigenvalue weighted by Crippen LogP contribution is -1.90. The first kappa shape index (κ1) is 11.1. The third-order valence-electron chi connectivity index (χ3n) is 2.19. The molecule has 1 heterocycles. The molecule has 1 aromatic heterocycles. The fourth-order valence-electron chi connectivity index (χ4n) is 1.51. The van der Waals surface area contributed by atoms with E-state index in [1.165, 1.54) is 12.1 Å². The Kier molecular flexibility index (Phi) is 2.96. The molecule has 3 nitrogen and oxygen atoms in total. The third kappa shape index (κ3) is 1.95. The van der Waals surface area contributed by atoms with E-state index in [9.17, 15) is 4.39 Å². The number of aromatic amines is 1. The van der Waals surface area contributed by atoms with E-state index in [0.29, 0.717) is 21.6 Å². The highest BCUT2D eigenvalue weighted by molar-refractivity contribution is 9.10. The van der Waals surface area contributed by atoms with Crippen molar-refractivity contribution in [3.8, 4) is 17.0 Å². The van der Waals surface area contributed by atoms with Gasteiger partial charge in [0, 0.05) is 5.56 Å². The van der Waals surface area contributed by atoms with Crippen molar-refractivity contribution in [1.29, 1.82) is 0 Å². The number of nitrogens with zero attached hydrogens (tertiary/aromatic N) is 1. The van der Waals surface area contributed by atoms with Crippen LogP contribution >= 0.6 is 15.9 Å². The molecule has 5 heteroatoms. The van der Waals surface area contributed by atoms with Gasteiger partial charge in [-0.25, -0.2) is 9.37 Å². The van der Waals surface area contributed by atoms with Crippen molar-refractivity contribution >= 4 is 15.9 Å². The molecule has 0 spiro atoms. The zero-order valence-corrected chi connectivity index (χ0v) is 10.4. The van der Waals surface area contributed by atoms with Gasteiger partial charge in [-0.15, -0.1) is 0 Å². The van der Waals surface area contributed by atoms with Crippen LogP contribution in [0.15, 0.2) is 22.8 Å². The number of aromatic nitrogens is 2. The molecule has 1 N–H and O–H groups in total. The summed E-state index contributed by atoms with van der Waals surface area (Å²) in [6, 6.07) is 4.34. The molecule has 0 unspecified atom stereocenters. The lowest BCUT2D eigenvalue weighted by molar-refractivity contribution is 0.415. The van der Waals surface area contributed by atoms with E-state index >= 15 is 0 Å². The first-order valence-corrected chi connectivity index (χ1v) is 5.47. The van der Waals surface area contributed by atoms with Crippen molar-refractivity contribution in [2.24, 2.45) is 0 Å². The quantitative estimate of drug-likeness (QED) is 0.919. The number of ether oxygens (including phenoxy) is 1. The van der Waals surface area contributed by atoms with Crippen LogP contribution < -0.4 is 4.74 Å². The number of halogens is 2. The lowest BCUT2D eigenvalue weighted by atomic mass is 10.1. The van der Waals surface area contributed by atoms with Gasteiger partial charge in [-0.3, -0.25) is 0 Å². The monoisotopic (exact) mass is 284 g/mol. The van der Waals surface area contributed by atoms with E-state index in [-0.39, 0.29) is 5.82 Å². The number of aryl methyl sites for hydroxylation is 1. The van der Waals surface area contributed by atoms with Gasteiger partial charge in [0.25, 0.3) is 0 Å². The summed E-state index contributed by atoms with van der Waals surface area (Å²) in [5, 5.41) is 0. The second kappa shape index (κ2) is 4.25. The molecule has 0 atom stereocenters. The van der Waals surface area contributed by atoms with E-state index in [0.717, 1.165) is 5.82 Å². The Labute approximate surface area is 101 Å². The van der Waals surface area contributed by atoms with Crippen LogP contribution in [0.2, 0.25) is 0 Å². The van der Waals surface area contributed by atoms with Gasteiger partial charge in [-0.2, -0.15) is 0 Å². The van der Waals surface area contributed by atoms with Gasteiger partial charge < -0.3 is 9.72 Å². The molecule has 0 bridgehead atoms. The number of hydrogen-bond acceptors (Lipinski definition) is 2. The highest BCUT2D eigenvalue weighted by Gasteiger charge is 2.14. The van der Waals surface area contributed by atoms with Crippen molar-refractivity contribution in [2.75, 3.05) is 7.11 Å². The van der Waals surface area contributed by atoms with Crippen LogP contribution in [0, 0.1) is 12.7 Å². The molecule has 84 valence electrons. The second-order valence-corrected chi connectivity index (χ2v) is 4.12. The number of imidazole rings is 1. The number of hydrogen-bond donors (Lipinski definition) is 1. The summed E-state index contributed by atoms with van der Waals surface area (Å²) < 4.78 is 19.1. The Morgan fingerprint density at radius 3 is 2.75 bits per heavy atom. The van der Waals surface area contributed by atoms with Crippen LogP contribution in [0.1, 0.15) is 5.82 Å². The number of methoxy groups -OCH3 is 1. The zero-order chi connectivity index (χ0) is 11.7. The fourth-order valence-corrected chi connectivity index (χ4v) is 2.10. The van der Waals surface area contributed by atoms with Crippen LogP contribution in [0.25, 0.3) is 11.3 Å². The molecular weight excluding hydrogens is 275 g/mol. The van der Waals surface area contributed by atoms with Crippen molar-refractivity contribution < 1.29 is 9.13 Å². The van der Waals surface area contributed by atoms with Crippen molar-refractivity contribution in [1.82, 2.24) is 9.97 Å². The molecule has 2 aromatic rings. The maximum atomic E-state index is 13.2. The van der Waals surface area contributed by atoms with E-state index < -0.39 is 0 Å². The second-order valence-electron chi connectivity index (χ2n) is 3.33. The van der Waals surface area contributed by atoms with Crippen LogP contribution in [-0.4, -0.2) is 17.1 Å². The van der Waals surface area contributed by atoms with Gasteiger partial charge in [0.2, 0.25) is 0 Å². The minimum Gasteiger partial charge on any atom is -0.496 e. The van der Waals surface area contributed by atoms with Gasteiger partial charge in [0.05, 0.1) is 7.11 Å². The molecule has 0 saturated carbocycles. The predicted octanol–water partition coefficient (Wildman–Crippen LogP) is 3.30. The molecule has 0 fully saturated rings. The Bertz CT molecular complexity index is 525. The topological polar surface area (TPSA) is 37.9 Å². The number of nitrogens with one attached hydrogen (secondary N) is 1. The summed E-state index contributed by atoms with van der Waals surface area (Å²) in [6.45, 7) is 1.83. The summed E-state index contributed by atoms with van der Waals surface area (Å²) in [4.78, 5) is 7.29. The van der Waals surface area contributed by atoms with E-state index in [1.807, 2.05) is 6.92 Å². The minimum absolute atomic E-state index is 0.316. The fraction of sp³-hybridized carbons (Fsp3) is 0.182. The van der Waals surface area contributed by atoms with Crippen molar-refractivity contribution in [3.05, 3.63) is 34.4 Å². The minimum atomic E-state index is -0.316. The number of rotatable bonds is 2. The Morgan fingerprint density at radius 2 is 2.19 bits per heavy atom. The summed E-state index contributed by atoms with van der Waals surface area (Å²) >= 11 is 3.35. The normalized spacial score (nSPS) is 10.5. The molecule has 2 rings (SSSR count). The smallest absolute Gasteiger partial charge is 0.128 e. The first-order chi connectivity index (χ1) is 7.61. The number of H-pyrrole nitrogens is 1. The highest BCUT2D eigenvalue weighted by Crippen LogP contribution is 2.33. The molecule has 0 saturated heterocycles. The summed E-state index contributed by atoms with van der Waals surface area (Å²) in [5.41, 5.74) is 1.27. The molecule has 0 aliphatic rings. The first-order valence-electron chi connectivity index (χ1n) is 4.68. The molecule has 0 amide bonds. The molecule has 0 aliphatic carbocycles.